The summed E-state index contributed by atoms with van der Waals surface area (Å²) in [7, 11) is 0. The van der Waals surface area contributed by atoms with Crippen molar-refractivity contribution in [2.24, 2.45) is 17.3 Å². The third-order valence-electron chi connectivity index (χ3n) is 7.53. The van der Waals surface area contributed by atoms with E-state index in [2.05, 4.69) is 0 Å². The Labute approximate surface area is 184 Å². The Morgan fingerprint density at radius 1 is 1.00 bits per heavy atom. The van der Waals surface area contributed by atoms with Crippen LogP contribution in [-0.2, 0) is 14.3 Å². The average molecular weight is 427 g/mol. The minimum Gasteiger partial charge on any atom is -0.466 e. The van der Waals surface area contributed by atoms with Crippen molar-refractivity contribution in [3.05, 3.63) is 35.9 Å². The molecule has 1 spiro atoms. The number of hydrogen-bond acceptors (Lipinski definition) is 4. The molecule has 6 nitrogen and oxygen atoms in total. The molecule has 1 aromatic carbocycles. The van der Waals surface area contributed by atoms with E-state index >= 15 is 0 Å². The predicted molar refractivity (Wildman–Crippen MR) is 117 cm³/mol. The fraction of sp³-hybridized carbons (Fsp3) is 0.640. The Morgan fingerprint density at radius 3 is 2.32 bits per heavy atom. The molecule has 2 heterocycles. The van der Waals surface area contributed by atoms with E-state index in [9.17, 15) is 14.4 Å². The molecule has 2 amide bonds. The van der Waals surface area contributed by atoms with Gasteiger partial charge in [0.05, 0.1) is 18.4 Å². The largest absolute Gasteiger partial charge is 0.466 e. The topological polar surface area (TPSA) is 66.9 Å². The van der Waals surface area contributed by atoms with Crippen molar-refractivity contribution in [3.63, 3.8) is 0 Å². The molecule has 3 aliphatic rings. The smallest absolute Gasteiger partial charge is 0.309 e. The lowest BCUT2D eigenvalue weighted by atomic mass is 9.67. The van der Waals surface area contributed by atoms with Crippen molar-refractivity contribution in [2.45, 2.75) is 51.9 Å². The van der Waals surface area contributed by atoms with Crippen LogP contribution in [0.15, 0.2) is 30.3 Å². The van der Waals surface area contributed by atoms with Gasteiger partial charge in [-0.1, -0.05) is 37.5 Å². The highest BCUT2D eigenvalue weighted by Crippen LogP contribution is 2.48. The second kappa shape index (κ2) is 9.41. The Bertz CT molecular complexity index is 795. The third kappa shape index (κ3) is 4.48. The van der Waals surface area contributed by atoms with Crippen molar-refractivity contribution >= 4 is 17.8 Å². The van der Waals surface area contributed by atoms with Gasteiger partial charge in [-0.15, -0.1) is 0 Å². The van der Waals surface area contributed by atoms with E-state index in [1.165, 1.54) is 6.42 Å². The predicted octanol–water partition coefficient (Wildman–Crippen LogP) is 3.51. The molecule has 1 atom stereocenters. The lowest BCUT2D eigenvalue weighted by molar-refractivity contribution is -0.152. The zero-order valence-electron chi connectivity index (χ0n) is 18.6. The highest BCUT2D eigenvalue weighted by atomic mass is 16.5. The molecule has 1 saturated carbocycles. The first-order valence-electron chi connectivity index (χ1n) is 11.8. The van der Waals surface area contributed by atoms with Crippen molar-refractivity contribution in [1.82, 2.24) is 9.80 Å². The summed E-state index contributed by atoms with van der Waals surface area (Å²) in [5.74, 6) is -0.180. The summed E-state index contributed by atoms with van der Waals surface area (Å²) in [4.78, 5) is 42.7. The standard InChI is InChI=1S/C25H34N2O4/c1-2-31-24(30)20-11-15-26(16-12-20)23(29)21-17-27(18-25(21)13-7-4-8-14-25)22(28)19-9-5-3-6-10-19/h3,5-6,9-10,20-21H,2,4,7-8,11-18H2,1H3. The monoisotopic (exact) mass is 426 g/mol. The molecule has 1 aliphatic carbocycles. The van der Waals surface area contributed by atoms with Crippen molar-refractivity contribution < 1.29 is 19.1 Å². The first-order valence-corrected chi connectivity index (χ1v) is 11.8. The maximum atomic E-state index is 13.7. The molecule has 6 heteroatoms. The van der Waals surface area contributed by atoms with Crippen LogP contribution in [0.4, 0.5) is 0 Å². The quantitative estimate of drug-likeness (QED) is 0.691. The van der Waals surface area contributed by atoms with Crippen LogP contribution in [0.5, 0.6) is 0 Å². The number of hydrogen-bond donors (Lipinski definition) is 0. The SMILES string of the molecule is CCOC(=O)C1CCN(C(=O)C2CN(C(=O)c3ccccc3)CC23CCCCC3)CC1. The maximum Gasteiger partial charge on any atom is 0.309 e. The van der Waals surface area contributed by atoms with Gasteiger partial charge in [0, 0.05) is 37.2 Å². The lowest BCUT2D eigenvalue weighted by Crippen LogP contribution is -2.48. The first-order chi connectivity index (χ1) is 15.0. The Morgan fingerprint density at radius 2 is 1.68 bits per heavy atom. The Balaban J connectivity index is 1.47. The van der Waals surface area contributed by atoms with Crippen molar-refractivity contribution in [2.75, 3.05) is 32.8 Å². The molecule has 1 unspecified atom stereocenters. The van der Waals surface area contributed by atoms with E-state index in [-0.39, 0.29) is 35.0 Å². The van der Waals surface area contributed by atoms with E-state index in [4.69, 9.17) is 4.74 Å². The molecular formula is C25H34N2O4. The number of carbonyl (C=O) groups is 3. The lowest BCUT2D eigenvalue weighted by Gasteiger charge is -2.40. The number of rotatable bonds is 4. The number of ether oxygens (including phenoxy) is 1. The van der Waals surface area contributed by atoms with Gasteiger partial charge in [0.15, 0.2) is 0 Å². The van der Waals surface area contributed by atoms with Gasteiger partial charge in [-0.2, -0.15) is 0 Å². The molecule has 0 bridgehead atoms. The van der Waals surface area contributed by atoms with Crippen LogP contribution >= 0.6 is 0 Å². The molecule has 31 heavy (non-hydrogen) atoms. The van der Waals surface area contributed by atoms with Crippen molar-refractivity contribution in [3.8, 4) is 0 Å². The number of piperidine rings is 1. The van der Waals surface area contributed by atoms with Gasteiger partial charge >= 0.3 is 5.97 Å². The van der Waals surface area contributed by atoms with E-state index in [0.29, 0.717) is 51.2 Å². The van der Waals surface area contributed by atoms with E-state index in [1.54, 1.807) is 0 Å². The number of benzene rings is 1. The number of carbonyl (C=O) groups excluding carboxylic acids is 3. The molecule has 3 fully saturated rings. The van der Waals surface area contributed by atoms with Crippen molar-refractivity contribution in [1.29, 1.82) is 0 Å². The van der Waals surface area contributed by atoms with E-state index < -0.39 is 0 Å². The number of likely N-dealkylation sites (tertiary alicyclic amines) is 2. The van der Waals surface area contributed by atoms with Gasteiger partial charge in [-0.3, -0.25) is 14.4 Å². The third-order valence-corrected chi connectivity index (χ3v) is 7.53. The summed E-state index contributed by atoms with van der Waals surface area (Å²) in [6.45, 7) is 4.60. The normalized spacial score (nSPS) is 23.7. The van der Waals surface area contributed by atoms with Gasteiger partial charge in [-0.05, 0) is 44.7 Å². The van der Waals surface area contributed by atoms with E-state index in [0.717, 1.165) is 25.7 Å². The summed E-state index contributed by atoms with van der Waals surface area (Å²) in [5, 5.41) is 0. The van der Waals surface area contributed by atoms with Crippen LogP contribution in [0.1, 0.15) is 62.2 Å². The second-order valence-corrected chi connectivity index (χ2v) is 9.38. The minimum atomic E-state index is -0.140. The summed E-state index contributed by atoms with van der Waals surface area (Å²) in [6, 6.07) is 9.39. The zero-order valence-corrected chi connectivity index (χ0v) is 18.6. The van der Waals surface area contributed by atoms with E-state index in [1.807, 2.05) is 47.1 Å². The average Bonchev–Trinajstić information content (AvgIpc) is 3.17. The van der Waals surface area contributed by atoms with Crippen LogP contribution in [-0.4, -0.2) is 60.4 Å². The summed E-state index contributed by atoms with van der Waals surface area (Å²) < 4.78 is 5.16. The molecule has 0 radical (unpaired) electrons. The summed E-state index contributed by atoms with van der Waals surface area (Å²) in [6.07, 6.45) is 6.82. The van der Waals surface area contributed by atoms with Crippen LogP contribution in [0.25, 0.3) is 0 Å². The first kappa shape index (κ1) is 21.8. The van der Waals surface area contributed by atoms with Crippen LogP contribution in [0.2, 0.25) is 0 Å². The zero-order chi connectivity index (χ0) is 21.8. The van der Waals surface area contributed by atoms with Gasteiger partial charge in [0.25, 0.3) is 5.91 Å². The number of nitrogens with zero attached hydrogens (tertiary/aromatic N) is 2. The van der Waals surface area contributed by atoms with Gasteiger partial charge < -0.3 is 14.5 Å². The molecule has 2 saturated heterocycles. The Hall–Kier alpha value is -2.37. The van der Waals surface area contributed by atoms with Gasteiger partial charge in [-0.25, -0.2) is 0 Å². The van der Waals surface area contributed by atoms with Crippen LogP contribution in [0, 0.1) is 17.3 Å². The number of amides is 2. The summed E-state index contributed by atoms with van der Waals surface area (Å²) in [5.41, 5.74) is 0.592. The molecule has 1 aromatic rings. The minimum absolute atomic E-state index is 0.0295. The maximum absolute atomic E-state index is 13.7. The summed E-state index contributed by atoms with van der Waals surface area (Å²) >= 11 is 0. The second-order valence-electron chi connectivity index (χ2n) is 9.38. The molecule has 168 valence electrons. The highest BCUT2D eigenvalue weighted by Gasteiger charge is 2.52. The fourth-order valence-corrected chi connectivity index (χ4v) is 5.81. The van der Waals surface area contributed by atoms with Gasteiger partial charge in [0.2, 0.25) is 5.91 Å². The highest BCUT2D eigenvalue weighted by molar-refractivity contribution is 5.95. The molecule has 0 aromatic heterocycles. The molecule has 2 aliphatic heterocycles. The fourth-order valence-electron chi connectivity index (χ4n) is 5.81. The molecular weight excluding hydrogens is 392 g/mol. The molecule has 4 rings (SSSR count). The van der Waals surface area contributed by atoms with Crippen LogP contribution in [0.3, 0.4) is 0 Å². The number of esters is 1. The van der Waals surface area contributed by atoms with Gasteiger partial charge in [0.1, 0.15) is 0 Å². The molecule has 0 N–H and O–H groups in total. The van der Waals surface area contributed by atoms with Crippen LogP contribution < -0.4 is 0 Å². The Kier molecular flexibility index (Phi) is 6.63.